The quantitative estimate of drug-likeness (QED) is 0.745. The molecule has 0 aliphatic carbocycles. The van der Waals surface area contributed by atoms with E-state index in [1.807, 2.05) is 0 Å². The zero-order chi connectivity index (χ0) is 7.49. The molecule has 0 saturated heterocycles. The standard InChI is InChI=1S/C4H9O.3CH3.Sn/c1-2-3-4-5;;;;/h2,5H,3-4H2,1H3;3*1H3;. The van der Waals surface area contributed by atoms with Crippen LogP contribution in [0.1, 0.15) is 13.3 Å². The van der Waals surface area contributed by atoms with Crippen LogP contribution in [-0.2, 0) is 0 Å². The van der Waals surface area contributed by atoms with E-state index in [2.05, 4.69) is 21.7 Å². The van der Waals surface area contributed by atoms with Gasteiger partial charge in [0, 0.05) is 0 Å². The molecule has 0 fully saturated rings. The molecule has 0 heterocycles. The summed E-state index contributed by atoms with van der Waals surface area (Å²) >= 11 is -1.60. The molecule has 0 radical (unpaired) electrons. The third-order valence-electron chi connectivity index (χ3n) is 2.04. The van der Waals surface area contributed by atoms with Crippen LogP contribution >= 0.6 is 0 Å². The minimum atomic E-state index is -1.60. The van der Waals surface area contributed by atoms with Crippen molar-refractivity contribution >= 4 is 18.4 Å². The summed E-state index contributed by atoms with van der Waals surface area (Å²) in [6, 6.07) is 0. The van der Waals surface area contributed by atoms with Crippen LogP contribution < -0.4 is 0 Å². The summed E-state index contributed by atoms with van der Waals surface area (Å²) in [6.45, 7) is 2.64. The topological polar surface area (TPSA) is 20.2 Å². The molecule has 1 atom stereocenters. The van der Waals surface area contributed by atoms with Gasteiger partial charge in [0.25, 0.3) is 0 Å². The molecule has 0 amide bonds. The molecule has 1 unspecified atom stereocenters. The Morgan fingerprint density at radius 2 is 1.78 bits per heavy atom. The van der Waals surface area contributed by atoms with E-state index in [0.717, 1.165) is 10.4 Å². The van der Waals surface area contributed by atoms with E-state index in [1.165, 1.54) is 0 Å². The fourth-order valence-electron chi connectivity index (χ4n) is 0.627. The summed E-state index contributed by atoms with van der Waals surface area (Å²) < 4.78 is 0.823. The van der Waals surface area contributed by atoms with Gasteiger partial charge in [0.05, 0.1) is 0 Å². The maximum atomic E-state index is 8.63. The zero-order valence-electron chi connectivity index (χ0n) is 6.94. The van der Waals surface area contributed by atoms with Crippen LogP contribution in [0.4, 0.5) is 0 Å². The second-order valence-electron chi connectivity index (χ2n) is 3.78. The molecule has 0 rings (SSSR count). The maximum absolute atomic E-state index is 8.63. The van der Waals surface area contributed by atoms with Crippen LogP contribution in [0.5, 0.6) is 0 Å². The van der Waals surface area contributed by atoms with Crippen molar-refractivity contribution < 1.29 is 5.11 Å². The van der Waals surface area contributed by atoms with Gasteiger partial charge in [-0.25, -0.2) is 0 Å². The number of hydrogen-bond donors (Lipinski definition) is 1. The molecule has 0 bridgehead atoms. The summed E-state index contributed by atoms with van der Waals surface area (Å²) in [5, 5.41) is 8.63. The molecule has 0 aromatic carbocycles. The van der Waals surface area contributed by atoms with Gasteiger partial charge in [-0.1, -0.05) is 0 Å². The number of aliphatic hydroxyl groups excluding tert-OH is 1. The van der Waals surface area contributed by atoms with Gasteiger partial charge < -0.3 is 0 Å². The summed E-state index contributed by atoms with van der Waals surface area (Å²) in [7, 11) is 0. The molecule has 1 N–H and O–H groups in total. The first-order valence-electron chi connectivity index (χ1n) is 3.59. The van der Waals surface area contributed by atoms with Crippen LogP contribution in [0.3, 0.4) is 0 Å². The summed E-state index contributed by atoms with van der Waals surface area (Å²) in [6.07, 6.45) is 1.01. The van der Waals surface area contributed by atoms with Crippen molar-refractivity contribution in [3.63, 3.8) is 0 Å². The molecule has 0 aliphatic rings. The molecule has 1 nitrogen and oxygen atoms in total. The molecule has 0 aliphatic heterocycles. The van der Waals surface area contributed by atoms with Crippen LogP contribution in [0, 0.1) is 0 Å². The predicted molar refractivity (Wildman–Crippen MR) is 44.5 cm³/mol. The number of rotatable bonds is 3. The van der Waals surface area contributed by atoms with Gasteiger partial charge in [0.2, 0.25) is 0 Å². The molecule has 2 heteroatoms. The van der Waals surface area contributed by atoms with Gasteiger partial charge in [-0.3, -0.25) is 0 Å². The Hall–Kier alpha value is 0.759. The minimum absolute atomic E-state index is 0.370. The SMILES string of the molecule is C[CH](CCO)[Sn]([CH3])([CH3])[CH3]. The van der Waals surface area contributed by atoms with Gasteiger partial charge in [-0.2, -0.15) is 0 Å². The molecule has 0 aromatic rings. The van der Waals surface area contributed by atoms with Crippen molar-refractivity contribution in [3.05, 3.63) is 0 Å². The van der Waals surface area contributed by atoms with Crippen molar-refractivity contribution in [1.82, 2.24) is 0 Å². The Bertz CT molecular complexity index is 75.5. The third-order valence-corrected chi connectivity index (χ3v) is 11.3. The van der Waals surface area contributed by atoms with Gasteiger partial charge >= 0.3 is 62.2 Å². The third kappa shape index (κ3) is 4.20. The molecule has 0 aromatic heterocycles. The summed E-state index contributed by atoms with van der Waals surface area (Å²) in [5.41, 5.74) is 0. The number of hydrogen-bond acceptors (Lipinski definition) is 1. The van der Waals surface area contributed by atoms with Crippen molar-refractivity contribution in [2.45, 2.75) is 32.1 Å². The van der Waals surface area contributed by atoms with Crippen LogP contribution in [0.15, 0.2) is 0 Å². The second kappa shape index (κ2) is 3.81. The van der Waals surface area contributed by atoms with Crippen molar-refractivity contribution in [1.29, 1.82) is 0 Å². The molecular weight excluding hydrogens is 219 g/mol. The van der Waals surface area contributed by atoms with E-state index in [0.29, 0.717) is 6.61 Å². The Morgan fingerprint density at radius 1 is 1.33 bits per heavy atom. The van der Waals surface area contributed by atoms with Crippen molar-refractivity contribution in [2.24, 2.45) is 0 Å². The van der Waals surface area contributed by atoms with E-state index < -0.39 is 18.4 Å². The monoisotopic (exact) mass is 238 g/mol. The van der Waals surface area contributed by atoms with Crippen molar-refractivity contribution in [2.75, 3.05) is 6.61 Å². The molecule has 56 valence electrons. The van der Waals surface area contributed by atoms with E-state index in [-0.39, 0.29) is 0 Å². The normalized spacial score (nSPS) is 15.7. The second-order valence-corrected chi connectivity index (χ2v) is 20.1. The summed E-state index contributed by atoms with van der Waals surface area (Å²) in [5.74, 6) is 0. The van der Waals surface area contributed by atoms with E-state index >= 15 is 0 Å². The van der Waals surface area contributed by atoms with Gasteiger partial charge in [-0.15, -0.1) is 0 Å². The van der Waals surface area contributed by atoms with Gasteiger partial charge in [0.1, 0.15) is 0 Å². The van der Waals surface area contributed by atoms with E-state index in [1.54, 1.807) is 0 Å². The van der Waals surface area contributed by atoms with Crippen LogP contribution in [-0.4, -0.2) is 30.1 Å². The first-order chi connectivity index (χ1) is 3.98. The zero-order valence-corrected chi connectivity index (χ0v) is 9.79. The van der Waals surface area contributed by atoms with E-state index in [4.69, 9.17) is 5.11 Å². The predicted octanol–water partition coefficient (Wildman–Crippen LogP) is 2.10. The molecular formula is C7H18OSn. The Labute approximate surface area is 62.3 Å². The Balaban J connectivity index is 3.59. The molecule has 0 saturated carbocycles. The number of aliphatic hydroxyl groups is 1. The average molecular weight is 237 g/mol. The first kappa shape index (κ1) is 9.76. The first-order valence-corrected chi connectivity index (χ1v) is 13.8. The molecule has 9 heavy (non-hydrogen) atoms. The van der Waals surface area contributed by atoms with Gasteiger partial charge in [-0.05, 0) is 0 Å². The fraction of sp³-hybridized carbons (Fsp3) is 1.00. The van der Waals surface area contributed by atoms with E-state index in [9.17, 15) is 0 Å². The Kier molecular flexibility index (Phi) is 4.13. The van der Waals surface area contributed by atoms with Crippen LogP contribution in [0.2, 0.25) is 18.8 Å². The Morgan fingerprint density at radius 3 is 1.89 bits per heavy atom. The molecule has 0 spiro atoms. The average Bonchev–Trinajstić information content (AvgIpc) is 1.64. The van der Waals surface area contributed by atoms with Crippen LogP contribution in [0.25, 0.3) is 0 Å². The fourth-order valence-corrected chi connectivity index (χ4v) is 3.47. The van der Waals surface area contributed by atoms with Crippen molar-refractivity contribution in [3.8, 4) is 0 Å². The summed E-state index contributed by atoms with van der Waals surface area (Å²) in [4.78, 5) is 7.24. The van der Waals surface area contributed by atoms with Gasteiger partial charge in [0.15, 0.2) is 0 Å².